The molecule has 10 heavy (non-hydrogen) atoms. The molecule has 0 radical (unpaired) electrons. The van der Waals surface area contributed by atoms with Crippen molar-refractivity contribution in [3.05, 3.63) is 0 Å². The van der Waals surface area contributed by atoms with Gasteiger partial charge in [0.05, 0.1) is 0 Å². The third kappa shape index (κ3) is 8.22. The zero-order valence-electron chi connectivity index (χ0n) is 5.28. The number of unbranched alkanes of at least 4 members (excludes halogenated alkanes) is 1. The Hall–Kier alpha value is 0.220. The molecule has 0 bridgehead atoms. The van der Waals surface area contributed by atoms with Crippen LogP contribution < -0.4 is 0 Å². The molecule has 0 spiro atoms. The smallest absolute Gasteiger partial charge is 0.0102 e. The third-order valence-corrected chi connectivity index (χ3v) is 2.12. The maximum Gasteiger partial charge on any atom is 0.0102 e. The topological polar surface area (TPSA) is 80.3 Å². The number of rotatable bonds is 5. The van der Waals surface area contributed by atoms with Crippen molar-refractivity contribution in [1.29, 1.82) is 0 Å². The van der Waals surface area contributed by atoms with E-state index in [2.05, 4.69) is 0 Å². The molecule has 2 unspecified atom stereocenters. The predicted molar refractivity (Wildman–Crippen MR) is 36.8 cm³/mol. The molecule has 0 aliphatic heterocycles. The van der Waals surface area contributed by atoms with E-state index in [4.69, 9.17) is 0 Å². The van der Waals surface area contributed by atoms with Crippen LogP contribution in [0.4, 0.5) is 0 Å². The highest BCUT2D eigenvalue weighted by molar-refractivity contribution is 7.79. The van der Waals surface area contributed by atoms with Gasteiger partial charge in [0.2, 0.25) is 0 Å². The van der Waals surface area contributed by atoms with Gasteiger partial charge in [-0.25, -0.2) is 0 Å². The fourth-order valence-electron chi connectivity index (χ4n) is 0.440. The van der Waals surface area contributed by atoms with Gasteiger partial charge in [-0.3, -0.25) is 8.42 Å². The number of hydrogen-bond donors (Lipinski definition) is 0. The zero-order valence-corrected chi connectivity index (χ0v) is 6.91. The molecule has 0 aliphatic rings. The second-order valence-electron chi connectivity index (χ2n) is 1.72. The first kappa shape index (κ1) is 10.2. The van der Waals surface area contributed by atoms with E-state index >= 15 is 0 Å². The zero-order chi connectivity index (χ0) is 7.98. The molecule has 0 aromatic carbocycles. The molecule has 6 heteroatoms. The minimum atomic E-state index is -2.03. The average molecular weight is 184 g/mol. The second-order valence-corrected chi connectivity index (χ2v) is 3.75. The summed E-state index contributed by atoms with van der Waals surface area (Å²) < 4.78 is 39.6. The lowest BCUT2D eigenvalue weighted by atomic mass is 10.4. The summed E-state index contributed by atoms with van der Waals surface area (Å²) in [5.41, 5.74) is 0. The SMILES string of the molecule is O=S([O-])CCCCS(=O)[O-]. The molecule has 0 saturated carbocycles. The normalized spacial score (nSPS) is 16.6. The van der Waals surface area contributed by atoms with Crippen LogP contribution in [0.2, 0.25) is 0 Å². The van der Waals surface area contributed by atoms with Gasteiger partial charge in [-0.15, -0.1) is 0 Å². The van der Waals surface area contributed by atoms with Crippen LogP contribution in [0.3, 0.4) is 0 Å². The lowest BCUT2D eigenvalue weighted by molar-refractivity contribution is 0.527. The van der Waals surface area contributed by atoms with E-state index < -0.39 is 22.2 Å². The summed E-state index contributed by atoms with van der Waals surface area (Å²) in [5, 5.41) is 0. The first-order valence-corrected chi connectivity index (χ1v) is 5.23. The van der Waals surface area contributed by atoms with Crippen LogP contribution in [0.25, 0.3) is 0 Å². The molecule has 4 nitrogen and oxygen atoms in total. The van der Waals surface area contributed by atoms with Gasteiger partial charge in [-0.2, -0.15) is 0 Å². The van der Waals surface area contributed by atoms with Crippen LogP contribution in [-0.4, -0.2) is 29.0 Å². The maximum absolute atomic E-state index is 9.89. The molecule has 2 atom stereocenters. The van der Waals surface area contributed by atoms with E-state index in [0.29, 0.717) is 12.8 Å². The molecular formula is C4H8O4S2-2. The Balaban J connectivity index is 3.06. The molecule has 62 valence electrons. The summed E-state index contributed by atoms with van der Waals surface area (Å²) in [6.45, 7) is 0. The van der Waals surface area contributed by atoms with Gasteiger partial charge in [0.25, 0.3) is 0 Å². The summed E-state index contributed by atoms with van der Waals surface area (Å²) >= 11 is -4.06. The molecule has 0 aromatic heterocycles. The highest BCUT2D eigenvalue weighted by Crippen LogP contribution is 1.91. The van der Waals surface area contributed by atoms with E-state index in [1.165, 1.54) is 0 Å². The molecule has 0 aliphatic carbocycles. The highest BCUT2D eigenvalue weighted by Gasteiger charge is 1.87. The summed E-state index contributed by atoms with van der Waals surface area (Å²) in [7, 11) is 0. The predicted octanol–water partition coefficient (Wildman–Crippen LogP) is -0.475. The summed E-state index contributed by atoms with van der Waals surface area (Å²) in [6, 6.07) is 0. The van der Waals surface area contributed by atoms with Gasteiger partial charge in [-0.05, 0) is 12.8 Å². The van der Waals surface area contributed by atoms with Gasteiger partial charge in [0.15, 0.2) is 0 Å². The minimum Gasteiger partial charge on any atom is -0.772 e. The molecule has 0 rings (SSSR count). The molecule has 0 aromatic rings. The summed E-state index contributed by atoms with van der Waals surface area (Å²) in [4.78, 5) is 0. The van der Waals surface area contributed by atoms with Crippen LogP contribution in [0.15, 0.2) is 0 Å². The van der Waals surface area contributed by atoms with Gasteiger partial charge in [-0.1, -0.05) is 22.2 Å². The fourth-order valence-corrected chi connectivity index (χ4v) is 1.32. The largest absolute Gasteiger partial charge is 0.772 e. The average Bonchev–Trinajstić information content (AvgIpc) is 1.79. The van der Waals surface area contributed by atoms with Crippen molar-refractivity contribution >= 4 is 22.2 Å². The molecule has 0 amide bonds. The summed E-state index contributed by atoms with van der Waals surface area (Å²) in [5.74, 6) is 0.106. The lowest BCUT2D eigenvalue weighted by Gasteiger charge is -2.05. The Kier molecular flexibility index (Phi) is 6.10. The third-order valence-electron chi connectivity index (χ3n) is 0.872. The van der Waals surface area contributed by atoms with Crippen molar-refractivity contribution in [2.75, 3.05) is 11.5 Å². The Labute approximate surface area is 64.6 Å². The van der Waals surface area contributed by atoms with Crippen molar-refractivity contribution in [2.45, 2.75) is 12.8 Å². The standard InChI is InChI=1S/C4H10O4S2/c5-9(6)3-1-2-4-10(7)8/h1-4H2,(H,5,6)(H,7,8)/p-2. The molecule has 0 fully saturated rings. The Morgan fingerprint density at radius 3 is 1.40 bits per heavy atom. The van der Waals surface area contributed by atoms with Crippen molar-refractivity contribution in [2.24, 2.45) is 0 Å². The van der Waals surface area contributed by atoms with E-state index in [-0.39, 0.29) is 11.5 Å². The van der Waals surface area contributed by atoms with Crippen molar-refractivity contribution < 1.29 is 17.5 Å². The lowest BCUT2D eigenvalue weighted by Crippen LogP contribution is -2.00. The molecule has 0 heterocycles. The second kappa shape index (κ2) is 5.96. The maximum atomic E-state index is 9.89. The van der Waals surface area contributed by atoms with Crippen LogP contribution >= 0.6 is 0 Å². The Morgan fingerprint density at radius 2 is 1.20 bits per heavy atom. The first-order valence-electron chi connectivity index (χ1n) is 2.74. The van der Waals surface area contributed by atoms with Gasteiger partial charge in [0.1, 0.15) is 0 Å². The Bertz CT molecular complexity index is 119. The molecule has 0 saturated heterocycles. The van der Waals surface area contributed by atoms with E-state index in [1.807, 2.05) is 0 Å². The quantitative estimate of drug-likeness (QED) is 0.427. The van der Waals surface area contributed by atoms with Gasteiger partial charge in [0, 0.05) is 11.5 Å². The highest BCUT2D eigenvalue weighted by atomic mass is 32.2. The van der Waals surface area contributed by atoms with Crippen LogP contribution in [-0.2, 0) is 22.2 Å². The van der Waals surface area contributed by atoms with E-state index in [9.17, 15) is 17.5 Å². The van der Waals surface area contributed by atoms with Crippen molar-refractivity contribution in [3.8, 4) is 0 Å². The van der Waals surface area contributed by atoms with Crippen molar-refractivity contribution in [1.82, 2.24) is 0 Å². The van der Waals surface area contributed by atoms with Gasteiger partial charge >= 0.3 is 0 Å². The van der Waals surface area contributed by atoms with E-state index in [1.54, 1.807) is 0 Å². The van der Waals surface area contributed by atoms with Crippen LogP contribution in [0.5, 0.6) is 0 Å². The van der Waals surface area contributed by atoms with Crippen LogP contribution in [0, 0.1) is 0 Å². The monoisotopic (exact) mass is 184 g/mol. The molecular weight excluding hydrogens is 176 g/mol. The number of hydrogen-bond acceptors (Lipinski definition) is 4. The van der Waals surface area contributed by atoms with Crippen molar-refractivity contribution in [3.63, 3.8) is 0 Å². The Morgan fingerprint density at radius 1 is 0.900 bits per heavy atom. The fraction of sp³-hybridized carbons (Fsp3) is 1.00. The minimum absolute atomic E-state index is 0.0528. The van der Waals surface area contributed by atoms with E-state index in [0.717, 1.165) is 0 Å². The van der Waals surface area contributed by atoms with Gasteiger partial charge < -0.3 is 9.11 Å². The first-order chi connectivity index (χ1) is 4.63. The molecule has 0 N–H and O–H groups in total. The van der Waals surface area contributed by atoms with Crippen LogP contribution in [0.1, 0.15) is 12.8 Å². The summed E-state index contributed by atoms with van der Waals surface area (Å²) in [6.07, 6.45) is 0.841.